The zero-order chi connectivity index (χ0) is 20.6. The van der Waals surface area contributed by atoms with Crippen LogP contribution < -0.4 is 10.6 Å². The third kappa shape index (κ3) is 5.46. The van der Waals surface area contributed by atoms with Crippen LogP contribution in [0.1, 0.15) is 40.9 Å². The van der Waals surface area contributed by atoms with Gasteiger partial charge in [-0.25, -0.2) is 0 Å². The van der Waals surface area contributed by atoms with Gasteiger partial charge in [0.2, 0.25) is 5.91 Å². The number of anilines is 1. The van der Waals surface area contributed by atoms with Crippen molar-refractivity contribution in [1.29, 1.82) is 0 Å². The largest absolute Gasteiger partial charge is 0.345 e. The molecule has 2 N–H and O–H groups in total. The Kier molecular flexibility index (Phi) is 7.04. The SMILES string of the molecule is CCc1ccccc1NC(=O)C[C@H](NC(=O)c1ccccc1Cl)c1ccccc1. The molecule has 0 fully saturated rings. The lowest BCUT2D eigenvalue weighted by molar-refractivity contribution is -0.116. The Balaban J connectivity index is 1.78. The zero-order valence-corrected chi connectivity index (χ0v) is 16.9. The number of rotatable bonds is 7. The predicted molar refractivity (Wildman–Crippen MR) is 117 cm³/mol. The van der Waals surface area contributed by atoms with Gasteiger partial charge in [-0.05, 0) is 35.7 Å². The van der Waals surface area contributed by atoms with E-state index >= 15 is 0 Å². The molecule has 3 aromatic rings. The first kappa shape index (κ1) is 20.6. The molecule has 148 valence electrons. The van der Waals surface area contributed by atoms with Crippen LogP contribution in [0.5, 0.6) is 0 Å². The maximum Gasteiger partial charge on any atom is 0.253 e. The summed E-state index contributed by atoms with van der Waals surface area (Å²) in [5.74, 6) is -0.481. The molecular formula is C24H23ClN2O2. The third-order valence-corrected chi connectivity index (χ3v) is 5.02. The lowest BCUT2D eigenvalue weighted by atomic mass is 10.0. The maximum atomic E-state index is 12.8. The van der Waals surface area contributed by atoms with Gasteiger partial charge in [0.1, 0.15) is 0 Å². The van der Waals surface area contributed by atoms with Crippen molar-refractivity contribution in [2.75, 3.05) is 5.32 Å². The van der Waals surface area contributed by atoms with Gasteiger partial charge in [0, 0.05) is 5.69 Å². The van der Waals surface area contributed by atoms with Crippen LogP contribution in [-0.2, 0) is 11.2 Å². The predicted octanol–water partition coefficient (Wildman–Crippen LogP) is 5.40. The standard InChI is InChI=1S/C24H23ClN2O2/c1-2-17-10-6-9-15-21(17)26-23(28)16-22(18-11-4-3-5-12-18)27-24(29)19-13-7-8-14-20(19)25/h3-15,22H,2,16H2,1H3,(H,26,28)(H,27,29)/t22-/m0/s1. The molecule has 0 aliphatic heterocycles. The van der Waals surface area contributed by atoms with Crippen LogP contribution in [0.2, 0.25) is 5.02 Å². The summed E-state index contributed by atoms with van der Waals surface area (Å²) < 4.78 is 0. The zero-order valence-electron chi connectivity index (χ0n) is 16.2. The molecule has 0 saturated carbocycles. The topological polar surface area (TPSA) is 58.2 Å². The van der Waals surface area contributed by atoms with E-state index in [9.17, 15) is 9.59 Å². The van der Waals surface area contributed by atoms with E-state index in [2.05, 4.69) is 10.6 Å². The van der Waals surface area contributed by atoms with Crippen molar-refractivity contribution in [2.24, 2.45) is 0 Å². The number of carbonyl (C=O) groups is 2. The maximum absolute atomic E-state index is 12.8. The van der Waals surface area contributed by atoms with Gasteiger partial charge in [0.25, 0.3) is 5.91 Å². The van der Waals surface area contributed by atoms with Gasteiger partial charge in [-0.15, -0.1) is 0 Å². The average molecular weight is 407 g/mol. The van der Waals surface area contributed by atoms with Crippen LogP contribution in [0, 0.1) is 0 Å². The average Bonchev–Trinajstić information content (AvgIpc) is 2.74. The van der Waals surface area contributed by atoms with E-state index in [-0.39, 0.29) is 18.2 Å². The Labute approximate surface area is 175 Å². The summed E-state index contributed by atoms with van der Waals surface area (Å²) in [4.78, 5) is 25.5. The normalized spacial score (nSPS) is 11.5. The van der Waals surface area contributed by atoms with E-state index in [0.717, 1.165) is 23.2 Å². The minimum atomic E-state index is -0.478. The van der Waals surface area contributed by atoms with E-state index < -0.39 is 6.04 Å². The van der Waals surface area contributed by atoms with Gasteiger partial charge in [-0.3, -0.25) is 9.59 Å². The Morgan fingerprint density at radius 3 is 2.28 bits per heavy atom. The fourth-order valence-electron chi connectivity index (χ4n) is 3.16. The van der Waals surface area contributed by atoms with E-state index in [1.54, 1.807) is 24.3 Å². The number of aryl methyl sites for hydroxylation is 1. The Bertz CT molecular complexity index is 989. The number of benzene rings is 3. The number of para-hydroxylation sites is 1. The van der Waals surface area contributed by atoms with Crippen molar-refractivity contribution in [2.45, 2.75) is 25.8 Å². The molecule has 0 radical (unpaired) electrons. The van der Waals surface area contributed by atoms with Crippen LogP contribution >= 0.6 is 11.6 Å². The molecule has 1 atom stereocenters. The molecule has 0 bridgehead atoms. The lowest BCUT2D eigenvalue weighted by Crippen LogP contribution is -2.31. The van der Waals surface area contributed by atoms with Crippen molar-refractivity contribution in [3.63, 3.8) is 0 Å². The number of amides is 2. The molecule has 0 aromatic heterocycles. The summed E-state index contributed by atoms with van der Waals surface area (Å²) in [6, 6.07) is 23.5. The first-order valence-corrected chi connectivity index (χ1v) is 9.94. The van der Waals surface area contributed by atoms with Crippen molar-refractivity contribution < 1.29 is 9.59 Å². The molecule has 0 saturated heterocycles. The van der Waals surface area contributed by atoms with Gasteiger partial charge in [0.15, 0.2) is 0 Å². The molecule has 5 heteroatoms. The minimum Gasteiger partial charge on any atom is -0.345 e. The molecule has 4 nitrogen and oxygen atoms in total. The summed E-state index contributed by atoms with van der Waals surface area (Å²) >= 11 is 6.15. The first-order chi connectivity index (χ1) is 14.1. The summed E-state index contributed by atoms with van der Waals surface area (Å²) in [6.45, 7) is 2.04. The van der Waals surface area contributed by atoms with Crippen molar-refractivity contribution in [3.8, 4) is 0 Å². The van der Waals surface area contributed by atoms with Gasteiger partial charge >= 0.3 is 0 Å². The molecule has 3 aromatic carbocycles. The summed E-state index contributed by atoms with van der Waals surface area (Å²) in [6.07, 6.45) is 0.931. The second-order valence-corrected chi connectivity index (χ2v) is 7.09. The number of carbonyl (C=O) groups excluding carboxylic acids is 2. The van der Waals surface area contributed by atoms with Gasteiger partial charge in [-0.1, -0.05) is 79.2 Å². The number of nitrogens with one attached hydrogen (secondary N) is 2. The Morgan fingerprint density at radius 1 is 0.897 bits per heavy atom. The lowest BCUT2D eigenvalue weighted by Gasteiger charge is -2.20. The van der Waals surface area contributed by atoms with Crippen LogP contribution in [0.15, 0.2) is 78.9 Å². The third-order valence-electron chi connectivity index (χ3n) is 4.69. The fraction of sp³-hybridized carbons (Fsp3) is 0.167. The highest BCUT2D eigenvalue weighted by atomic mass is 35.5. The molecule has 0 aliphatic carbocycles. The molecule has 29 heavy (non-hydrogen) atoms. The Morgan fingerprint density at radius 2 is 1.55 bits per heavy atom. The van der Waals surface area contributed by atoms with Crippen LogP contribution in [-0.4, -0.2) is 11.8 Å². The van der Waals surface area contributed by atoms with E-state index in [1.807, 2.05) is 61.5 Å². The summed E-state index contributed by atoms with van der Waals surface area (Å²) in [7, 11) is 0. The molecular weight excluding hydrogens is 384 g/mol. The highest BCUT2D eigenvalue weighted by Crippen LogP contribution is 2.22. The van der Waals surface area contributed by atoms with Crippen LogP contribution in [0.25, 0.3) is 0 Å². The smallest absolute Gasteiger partial charge is 0.253 e. The first-order valence-electron chi connectivity index (χ1n) is 9.56. The molecule has 0 heterocycles. The highest BCUT2D eigenvalue weighted by molar-refractivity contribution is 6.33. The molecule has 0 spiro atoms. The van der Waals surface area contributed by atoms with Gasteiger partial charge < -0.3 is 10.6 Å². The van der Waals surface area contributed by atoms with Crippen molar-refractivity contribution >= 4 is 29.1 Å². The minimum absolute atomic E-state index is 0.109. The molecule has 2 amide bonds. The number of halogens is 1. The fourth-order valence-corrected chi connectivity index (χ4v) is 3.38. The summed E-state index contributed by atoms with van der Waals surface area (Å²) in [5.41, 5.74) is 3.10. The van der Waals surface area contributed by atoms with E-state index in [4.69, 9.17) is 11.6 Å². The highest BCUT2D eigenvalue weighted by Gasteiger charge is 2.20. The number of hydrogen-bond acceptors (Lipinski definition) is 2. The van der Waals surface area contributed by atoms with E-state index in [0.29, 0.717) is 10.6 Å². The quantitative estimate of drug-likeness (QED) is 0.551. The van der Waals surface area contributed by atoms with Crippen LogP contribution in [0.4, 0.5) is 5.69 Å². The van der Waals surface area contributed by atoms with Crippen molar-refractivity contribution in [1.82, 2.24) is 5.32 Å². The number of hydrogen-bond donors (Lipinski definition) is 2. The second-order valence-electron chi connectivity index (χ2n) is 6.68. The van der Waals surface area contributed by atoms with Crippen molar-refractivity contribution in [3.05, 3.63) is 101 Å². The van der Waals surface area contributed by atoms with Gasteiger partial charge in [0.05, 0.1) is 23.0 Å². The molecule has 0 aliphatic rings. The van der Waals surface area contributed by atoms with E-state index in [1.165, 1.54) is 0 Å². The second kappa shape index (κ2) is 9.89. The molecule has 3 rings (SSSR count). The monoisotopic (exact) mass is 406 g/mol. The molecule has 0 unspecified atom stereocenters. The van der Waals surface area contributed by atoms with Gasteiger partial charge in [-0.2, -0.15) is 0 Å². The summed E-state index contributed by atoms with van der Waals surface area (Å²) in [5, 5.41) is 6.29. The van der Waals surface area contributed by atoms with Crippen LogP contribution in [0.3, 0.4) is 0 Å². The Hall–Kier alpha value is -3.11.